The van der Waals surface area contributed by atoms with Crippen molar-refractivity contribution in [2.75, 3.05) is 32.8 Å². The van der Waals surface area contributed by atoms with Crippen molar-refractivity contribution in [1.82, 2.24) is 4.90 Å². The topological polar surface area (TPSA) is 32.7 Å². The van der Waals surface area contributed by atoms with Gasteiger partial charge in [-0.25, -0.2) is 0 Å². The highest BCUT2D eigenvalue weighted by molar-refractivity contribution is 4.83. The minimum atomic E-state index is -0.539. The van der Waals surface area contributed by atoms with Gasteiger partial charge in [0.25, 0.3) is 0 Å². The van der Waals surface area contributed by atoms with E-state index < -0.39 is 5.60 Å². The molecule has 1 N–H and O–H groups in total. The van der Waals surface area contributed by atoms with Crippen LogP contribution in [0.2, 0.25) is 0 Å². The Balaban J connectivity index is 2.23. The molecule has 1 atom stereocenters. The predicted molar refractivity (Wildman–Crippen MR) is 52.8 cm³/mol. The summed E-state index contributed by atoms with van der Waals surface area (Å²) in [7, 11) is 0. The first kappa shape index (κ1) is 11.0. The number of nitrogens with zero attached hydrogens (tertiary/aromatic N) is 1. The fourth-order valence-corrected chi connectivity index (χ4v) is 1.70. The van der Waals surface area contributed by atoms with Crippen molar-refractivity contribution >= 4 is 0 Å². The average Bonchev–Trinajstić information content (AvgIpc) is 2.55. The van der Waals surface area contributed by atoms with Crippen LogP contribution in [-0.4, -0.2) is 48.5 Å². The summed E-state index contributed by atoms with van der Waals surface area (Å²) in [6.07, 6.45) is 1.64. The fourth-order valence-electron chi connectivity index (χ4n) is 1.70. The molecule has 1 aliphatic rings. The zero-order chi connectivity index (χ0) is 9.73. The van der Waals surface area contributed by atoms with E-state index in [1.165, 1.54) is 0 Å². The highest BCUT2D eigenvalue weighted by Crippen LogP contribution is 2.22. The number of aliphatic hydroxyl groups is 1. The third kappa shape index (κ3) is 3.25. The molecule has 0 aromatic heterocycles. The largest absolute Gasteiger partial charge is 0.387 e. The maximum Gasteiger partial charge on any atom is 0.0914 e. The molecular formula is C10H21NO2. The first-order chi connectivity index (χ1) is 6.20. The maximum atomic E-state index is 9.98. The zero-order valence-corrected chi connectivity index (χ0v) is 8.75. The molecule has 3 nitrogen and oxygen atoms in total. The quantitative estimate of drug-likeness (QED) is 0.693. The third-order valence-corrected chi connectivity index (χ3v) is 2.87. The van der Waals surface area contributed by atoms with Crippen molar-refractivity contribution in [3.8, 4) is 0 Å². The van der Waals surface area contributed by atoms with Crippen LogP contribution in [0.3, 0.4) is 0 Å². The Bertz CT molecular complexity index is 140. The minimum absolute atomic E-state index is 0.522. The molecule has 13 heavy (non-hydrogen) atoms. The summed E-state index contributed by atoms with van der Waals surface area (Å²) in [5, 5.41) is 9.98. The monoisotopic (exact) mass is 187 g/mol. The number of hydrogen-bond donors (Lipinski definition) is 1. The molecule has 1 saturated heterocycles. The van der Waals surface area contributed by atoms with E-state index in [1.807, 2.05) is 0 Å². The first-order valence-corrected chi connectivity index (χ1v) is 5.22. The highest BCUT2D eigenvalue weighted by atomic mass is 16.5. The van der Waals surface area contributed by atoms with E-state index >= 15 is 0 Å². The predicted octanol–water partition coefficient (Wildman–Crippen LogP) is 0.870. The molecule has 0 radical (unpaired) electrons. The molecule has 1 heterocycles. The Labute approximate surface area is 80.7 Å². The normalized spacial score (nSPS) is 28.6. The maximum absolute atomic E-state index is 9.98. The van der Waals surface area contributed by atoms with Crippen LogP contribution in [0.25, 0.3) is 0 Å². The molecule has 0 bridgehead atoms. The SMILES string of the molecule is CCN(CC)CCC1(O)CCOC1. The van der Waals surface area contributed by atoms with Gasteiger partial charge in [0.15, 0.2) is 0 Å². The zero-order valence-electron chi connectivity index (χ0n) is 8.75. The molecule has 0 aromatic rings. The van der Waals surface area contributed by atoms with Gasteiger partial charge in [0.1, 0.15) is 0 Å². The number of hydrogen-bond acceptors (Lipinski definition) is 3. The van der Waals surface area contributed by atoms with Gasteiger partial charge < -0.3 is 14.7 Å². The lowest BCUT2D eigenvalue weighted by Crippen LogP contribution is -2.35. The van der Waals surface area contributed by atoms with E-state index in [9.17, 15) is 5.11 Å². The van der Waals surface area contributed by atoms with Crippen molar-refractivity contribution in [2.24, 2.45) is 0 Å². The molecule has 78 valence electrons. The van der Waals surface area contributed by atoms with Gasteiger partial charge in [0.2, 0.25) is 0 Å². The van der Waals surface area contributed by atoms with E-state index in [0.717, 1.165) is 39.1 Å². The van der Waals surface area contributed by atoms with Gasteiger partial charge in [-0.2, -0.15) is 0 Å². The van der Waals surface area contributed by atoms with Gasteiger partial charge >= 0.3 is 0 Å². The molecule has 0 saturated carbocycles. The van der Waals surface area contributed by atoms with E-state index in [2.05, 4.69) is 18.7 Å². The van der Waals surface area contributed by atoms with E-state index in [4.69, 9.17) is 4.74 Å². The Morgan fingerprint density at radius 3 is 2.54 bits per heavy atom. The van der Waals surface area contributed by atoms with Gasteiger partial charge in [-0.3, -0.25) is 0 Å². The highest BCUT2D eigenvalue weighted by Gasteiger charge is 2.31. The van der Waals surface area contributed by atoms with E-state index in [0.29, 0.717) is 6.61 Å². The molecule has 1 fully saturated rings. The van der Waals surface area contributed by atoms with E-state index in [-0.39, 0.29) is 0 Å². The van der Waals surface area contributed by atoms with Crippen LogP contribution < -0.4 is 0 Å². The van der Waals surface area contributed by atoms with Crippen LogP contribution >= 0.6 is 0 Å². The summed E-state index contributed by atoms with van der Waals surface area (Å²) in [6, 6.07) is 0. The van der Waals surface area contributed by atoms with Crippen LogP contribution in [0.1, 0.15) is 26.7 Å². The van der Waals surface area contributed by atoms with Crippen LogP contribution in [0, 0.1) is 0 Å². The van der Waals surface area contributed by atoms with Crippen molar-refractivity contribution in [1.29, 1.82) is 0 Å². The molecule has 3 heteroatoms. The summed E-state index contributed by atoms with van der Waals surface area (Å²) in [5.74, 6) is 0. The molecule has 0 aromatic carbocycles. The fraction of sp³-hybridized carbons (Fsp3) is 1.00. The molecule has 1 aliphatic heterocycles. The first-order valence-electron chi connectivity index (χ1n) is 5.22. The average molecular weight is 187 g/mol. The molecule has 0 amide bonds. The van der Waals surface area contributed by atoms with E-state index in [1.54, 1.807) is 0 Å². The van der Waals surface area contributed by atoms with Gasteiger partial charge in [-0.1, -0.05) is 13.8 Å². The minimum Gasteiger partial charge on any atom is -0.387 e. The Hall–Kier alpha value is -0.120. The lowest BCUT2D eigenvalue weighted by Gasteiger charge is -2.25. The smallest absolute Gasteiger partial charge is 0.0914 e. The number of rotatable bonds is 5. The van der Waals surface area contributed by atoms with Crippen LogP contribution in [0.5, 0.6) is 0 Å². The molecular weight excluding hydrogens is 166 g/mol. The van der Waals surface area contributed by atoms with Crippen molar-refractivity contribution in [3.63, 3.8) is 0 Å². The van der Waals surface area contributed by atoms with Crippen molar-refractivity contribution in [2.45, 2.75) is 32.3 Å². The summed E-state index contributed by atoms with van der Waals surface area (Å²) < 4.78 is 5.19. The van der Waals surface area contributed by atoms with Crippen molar-refractivity contribution < 1.29 is 9.84 Å². The standard InChI is InChI=1S/C10H21NO2/c1-3-11(4-2)7-5-10(12)6-8-13-9-10/h12H,3-9H2,1-2H3. The second kappa shape index (κ2) is 4.94. The Morgan fingerprint density at radius 1 is 1.38 bits per heavy atom. The van der Waals surface area contributed by atoms with Gasteiger partial charge in [-0.15, -0.1) is 0 Å². The van der Waals surface area contributed by atoms with Gasteiger partial charge in [0.05, 0.1) is 12.2 Å². The summed E-state index contributed by atoms with van der Waals surface area (Å²) in [4.78, 5) is 2.33. The molecule has 0 aliphatic carbocycles. The molecule has 0 spiro atoms. The molecule has 1 unspecified atom stereocenters. The van der Waals surface area contributed by atoms with Crippen molar-refractivity contribution in [3.05, 3.63) is 0 Å². The van der Waals surface area contributed by atoms with Crippen LogP contribution in [0.4, 0.5) is 0 Å². The van der Waals surface area contributed by atoms with Gasteiger partial charge in [-0.05, 0) is 19.5 Å². The Morgan fingerprint density at radius 2 is 2.08 bits per heavy atom. The lowest BCUT2D eigenvalue weighted by molar-refractivity contribution is 0.0117. The summed E-state index contributed by atoms with van der Waals surface area (Å²) in [5.41, 5.74) is -0.539. The third-order valence-electron chi connectivity index (χ3n) is 2.87. The number of ether oxygens (including phenoxy) is 1. The lowest BCUT2D eigenvalue weighted by atomic mass is 9.99. The second-order valence-electron chi connectivity index (χ2n) is 3.80. The second-order valence-corrected chi connectivity index (χ2v) is 3.80. The van der Waals surface area contributed by atoms with Crippen LogP contribution in [0.15, 0.2) is 0 Å². The summed E-state index contributed by atoms with van der Waals surface area (Å²) >= 11 is 0. The molecule has 1 rings (SSSR count). The van der Waals surface area contributed by atoms with Gasteiger partial charge in [0, 0.05) is 19.6 Å². The summed E-state index contributed by atoms with van der Waals surface area (Å²) in [6.45, 7) is 8.65. The Kier molecular flexibility index (Phi) is 4.16. The van der Waals surface area contributed by atoms with Crippen LogP contribution in [-0.2, 0) is 4.74 Å².